The minimum absolute atomic E-state index is 0.0377. The highest BCUT2D eigenvalue weighted by molar-refractivity contribution is 7.89. The molecular formula is C11H14ClNO5S. The molecule has 0 unspecified atom stereocenters. The van der Waals surface area contributed by atoms with Gasteiger partial charge in [0.05, 0.1) is 20.6 Å². The summed E-state index contributed by atoms with van der Waals surface area (Å²) in [5, 5.41) is 0.366. The van der Waals surface area contributed by atoms with Crippen LogP contribution < -0.4 is 9.46 Å². The Kier molecular flexibility index (Phi) is 5.59. The van der Waals surface area contributed by atoms with Crippen molar-refractivity contribution < 1.29 is 22.7 Å². The molecule has 0 bridgehead atoms. The lowest BCUT2D eigenvalue weighted by atomic mass is 10.3. The average molecular weight is 308 g/mol. The van der Waals surface area contributed by atoms with E-state index in [0.717, 1.165) is 0 Å². The first-order chi connectivity index (χ1) is 8.90. The second-order valence-corrected chi connectivity index (χ2v) is 5.69. The second kappa shape index (κ2) is 6.74. The van der Waals surface area contributed by atoms with Gasteiger partial charge in [0.1, 0.15) is 10.6 Å². The largest absolute Gasteiger partial charge is 0.495 e. The summed E-state index contributed by atoms with van der Waals surface area (Å²) in [6.07, 6.45) is -0.0500. The molecule has 0 aromatic heterocycles. The molecule has 0 amide bonds. The van der Waals surface area contributed by atoms with Crippen molar-refractivity contribution in [3.05, 3.63) is 23.2 Å². The lowest BCUT2D eigenvalue weighted by molar-refractivity contribution is -0.140. The molecule has 0 aliphatic rings. The summed E-state index contributed by atoms with van der Waals surface area (Å²) in [5.41, 5.74) is 0. The third-order valence-corrected chi connectivity index (χ3v) is 4.00. The highest BCUT2D eigenvalue weighted by Crippen LogP contribution is 2.26. The Hall–Kier alpha value is -1.31. The van der Waals surface area contributed by atoms with Crippen LogP contribution in [-0.4, -0.2) is 35.2 Å². The summed E-state index contributed by atoms with van der Waals surface area (Å²) >= 11 is 5.75. The van der Waals surface area contributed by atoms with Gasteiger partial charge in [-0.15, -0.1) is 0 Å². The van der Waals surface area contributed by atoms with E-state index in [9.17, 15) is 13.2 Å². The van der Waals surface area contributed by atoms with Gasteiger partial charge in [0.15, 0.2) is 0 Å². The van der Waals surface area contributed by atoms with Crippen molar-refractivity contribution in [1.82, 2.24) is 4.72 Å². The molecule has 106 valence electrons. The number of ether oxygens (including phenoxy) is 2. The molecule has 0 aliphatic heterocycles. The Bertz CT molecular complexity index is 558. The van der Waals surface area contributed by atoms with Crippen LogP contribution in [0.25, 0.3) is 0 Å². The van der Waals surface area contributed by atoms with Crippen LogP contribution in [-0.2, 0) is 19.6 Å². The van der Waals surface area contributed by atoms with Crippen molar-refractivity contribution in [2.75, 3.05) is 20.8 Å². The summed E-state index contributed by atoms with van der Waals surface area (Å²) in [5.74, 6) is -0.358. The van der Waals surface area contributed by atoms with Crippen LogP contribution in [0.3, 0.4) is 0 Å². The second-order valence-electron chi connectivity index (χ2n) is 3.52. The molecule has 0 spiro atoms. The number of rotatable bonds is 6. The van der Waals surface area contributed by atoms with Crippen molar-refractivity contribution in [1.29, 1.82) is 0 Å². The maximum absolute atomic E-state index is 12.0. The molecule has 0 saturated carbocycles. The van der Waals surface area contributed by atoms with Gasteiger partial charge < -0.3 is 9.47 Å². The van der Waals surface area contributed by atoms with Crippen LogP contribution in [0.2, 0.25) is 5.02 Å². The maximum Gasteiger partial charge on any atom is 0.306 e. The Balaban J connectivity index is 2.85. The normalized spacial score (nSPS) is 11.1. The number of esters is 1. The lowest BCUT2D eigenvalue weighted by Crippen LogP contribution is -2.27. The van der Waals surface area contributed by atoms with Gasteiger partial charge in [0, 0.05) is 17.6 Å². The van der Waals surface area contributed by atoms with E-state index in [-0.39, 0.29) is 23.6 Å². The summed E-state index contributed by atoms with van der Waals surface area (Å²) < 4.78 is 35.7. The summed E-state index contributed by atoms with van der Waals surface area (Å²) in [7, 11) is -1.18. The molecule has 0 atom stereocenters. The van der Waals surface area contributed by atoms with E-state index in [0.29, 0.717) is 5.02 Å². The Morgan fingerprint density at radius 1 is 1.37 bits per heavy atom. The number of hydrogen-bond donors (Lipinski definition) is 1. The van der Waals surface area contributed by atoms with Crippen molar-refractivity contribution in [3.8, 4) is 5.75 Å². The lowest BCUT2D eigenvalue weighted by Gasteiger charge is -2.10. The quantitative estimate of drug-likeness (QED) is 0.798. The predicted octanol–water partition coefficient (Wildman–Crippen LogP) is 1.19. The van der Waals surface area contributed by atoms with Gasteiger partial charge in [-0.2, -0.15) is 0 Å². The van der Waals surface area contributed by atoms with E-state index in [1.165, 1.54) is 32.4 Å². The van der Waals surface area contributed by atoms with Crippen LogP contribution in [0.1, 0.15) is 6.42 Å². The van der Waals surface area contributed by atoms with Crippen LogP contribution >= 0.6 is 11.6 Å². The molecule has 19 heavy (non-hydrogen) atoms. The Labute approximate surface area is 116 Å². The topological polar surface area (TPSA) is 81.7 Å². The average Bonchev–Trinajstić information content (AvgIpc) is 2.37. The fourth-order valence-corrected chi connectivity index (χ4v) is 2.67. The Morgan fingerprint density at radius 2 is 2.05 bits per heavy atom. The van der Waals surface area contributed by atoms with Gasteiger partial charge in [0.2, 0.25) is 10.0 Å². The van der Waals surface area contributed by atoms with E-state index in [1.54, 1.807) is 0 Å². The molecule has 1 aromatic rings. The van der Waals surface area contributed by atoms with Crippen molar-refractivity contribution >= 4 is 27.6 Å². The first-order valence-corrected chi connectivity index (χ1v) is 7.17. The van der Waals surface area contributed by atoms with Crippen molar-refractivity contribution in [2.45, 2.75) is 11.3 Å². The molecule has 8 heteroatoms. The van der Waals surface area contributed by atoms with Gasteiger partial charge in [-0.05, 0) is 12.1 Å². The first kappa shape index (κ1) is 15.7. The molecule has 1 rings (SSSR count). The van der Waals surface area contributed by atoms with E-state index in [1.807, 2.05) is 0 Å². The molecule has 1 N–H and O–H groups in total. The number of hydrogen-bond acceptors (Lipinski definition) is 5. The van der Waals surface area contributed by atoms with Crippen LogP contribution in [0.15, 0.2) is 23.1 Å². The minimum atomic E-state index is -3.77. The zero-order valence-corrected chi connectivity index (χ0v) is 12.0. The van der Waals surface area contributed by atoms with Crippen LogP contribution in [0.5, 0.6) is 5.75 Å². The molecule has 0 aliphatic carbocycles. The number of sulfonamides is 1. The van der Waals surface area contributed by atoms with Gasteiger partial charge in [-0.3, -0.25) is 4.79 Å². The fourth-order valence-electron chi connectivity index (χ4n) is 1.33. The van der Waals surface area contributed by atoms with Gasteiger partial charge >= 0.3 is 5.97 Å². The fraction of sp³-hybridized carbons (Fsp3) is 0.364. The van der Waals surface area contributed by atoms with E-state index in [2.05, 4.69) is 9.46 Å². The number of nitrogens with one attached hydrogen (secondary N) is 1. The number of benzene rings is 1. The minimum Gasteiger partial charge on any atom is -0.495 e. The van der Waals surface area contributed by atoms with Gasteiger partial charge in [0.25, 0.3) is 0 Å². The zero-order chi connectivity index (χ0) is 14.5. The summed E-state index contributed by atoms with van der Waals surface area (Å²) in [6, 6.07) is 4.18. The third-order valence-electron chi connectivity index (χ3n) is 2.26. The predicted molar refractivity (Wildman–Crippen MR) is 69.8 cm³/mol. The molecule has 0 heterocycles. The molecule has 0 saturated heterocycles. The van der Waals surface area contributed by atoms with Crippen molar-refractivity contribution in [2.24, 2.45) is 0 Å². The van der Waals surface area contributed by atoms with E-state index in [4.69, 9.17) is 16.3 Å². The number of carbonyl (C=O) groups excluding carboxylic acids is 1. The summed E-state index contributed by atoms with van der Waals surface area (Å²) in [4.78, 5) is 10.9. The number of halogens is 1. The van der Waals surface area contributed by atoms with Crippen LogP contribution in [0, 0.1) is 0 Å². The monoisotopic (exact) mass is 307 g/mol. The van der Waals surface area contributed by atoms with Crippen molar-refractivity contribution in [3.63, 3.8) is 0 Å². The standard InChI is InChI=1S/C11H14ClNO5S/c1-17-9-7-8(12)3-4-10(9)19(15,16)13-6-5-11(14)18-2/h3-4,7,13H,5-6H2,1-2H3. The van der Waals surface area contributed by atoms with Crippen LogP contribution in [0.4, 0.5) is 0 Å². The summed E-state index contributed by atoms with van der Waals surface area (Å²) in [6.45, 7) is -0.0548. The van der Waals surface area contributed by atoms with E-state index >= 15 is 0 Å². The third kappa shape index (κ3) is 4.38. The molecule has 0 radical (unpaired) electrons. The SMILES string of the molecule is COC(=O)CCNS(=O)(=O)c1ccc(Cl)cc1OC. The smallest absolute Gasteiger partial charge is 0.306 e. The molecular weight excluding hydrogens is 294 g/mol. The van der Waals surface area contributed by atoms with Gasteiger partial charge in [-0.25, -0.2) is 13.1 Å². The maximum atomic E-state index is 12.0. The highest BCUT2D eigenvalue weighted by Gasteiger charge is 2.19. The zero-order valence-electron chi connectivity index (χ0n) is 10.5. The Morgan fingerprint density at radius 3 is 2.63 bits per heavy atom. The number of carbonyl (C=O) groups is 1. The van der Waals surface area contributed by atoms with E-state index < -0.39 is 16.0 Å². The highest BCUT2D eigenvalue weighted by atomic mass is 35.5. The molecule has 1 aromatic carbocycles. The molecule has 0 fully saturated rings. The first-order valence-electron chi connectivity index (χ1n) is 5.30. The van der Waals surface area contributed by atoms with Gasteiger partial charge in [-0.1, -0.05) is 11.6 Å². The number of methoxy groups -OCH3 is 2. The molecule has 6 nitrogen and oxygen atoms in total.